The van der Waals surface area contributed by atoms with Gasteiger partial charge in [-0.15, -0.1) is 5.10 Å². The highest BCUT2D eigenvalue weighted by atomic mass is 15.4. The zero-order chi connectivity index (χ0) is 13.1. The molecule has 19 heavy (non-hydrogen) atoms. The van der Waals surface area contributed by atoms with Crippen LogP contribution in [0.3, 0.4) is 0 Å². The first-order valence-electron chi connectivity index (χ1n) is 6.22. The summed E-state index contributed by atoms with van der Waals surface area (Å²) in [5, 5.41) is 8.41. The van der Waals surface area contributed by atoms with Crippen LogP contribution in [0.15, 0.2) is 61.1 Å². The Balaban J connectivity index is 1.90. The highest BCUT2D eigenvalue weighted by Crippen LogP contribution is 2.20. The summed E-state index contributed by atoms with van der Waals surface area (Å²) in [5.41, 5.74) is 3.04. The van der Waals surface area contributed by atoms with Gasteiger partial charge in [-0.3, -0.25) is 4.98 Å². The lowest BCUT2D eigenvalue weighted by Gasteiger charge is -2.10. The number of benzene rings is 1. The third kappa shape index (κ3) is 2.38. The minimum absolute atomic E-state index is 0.166. The standard InChI is InChI=1S/C15H14N4/c1-12(13-6-3-2-4-7-13)19-11-15(17-18-19)14-8-5-9-16-10-14/h2-12H,1H3. The van der Waals surface area contributed by atoms with E-state index in [0.29, 0.717) is 0 Å². The molecular formula is C15H14N4. The normalized spacial score (nSPS) is 12.3. The van der Waals surface area contributed by atoms with Crippen LogP contribution < -0.4 is 0 Å². The van der Waals surface area contributed by atoms with E-state index in [9.17, 15) is 0 Å². The summed E-state index contributed by atoms with van der Waals surface area (Å²) in [7, 11) is 0. The van der Waals surface area contributed by atoms with E-state index in [0.717, 1.165) is 11.3 Å². The molecule has 2 heterocycles. The molecule has 0 bridgehead atoms. The molecule has 0 amide bonds. The summed E-state index contributed by atoms with van der Waals surface area (Å²) in [5.74, 6) is 0. The average Bonchev–Trinajstić information content (AvgIpc) is 2.98. The summed E-state index contributed by atoms with van der Waals surface area (Å²) in [6, 6.07) is 14.3. The molecule has 3 rings (SSSR count). The number of hydrogen-bond acceptors (Lipinski definition) is 3. The molecule has 94 valence electrons. The maximum atomic E-state index is 4.21. The van der Waals surface area contributed by atoms with Gasteiger partial charge in [0.05, 0.1) is 12.2 Å². The second-order valence-corrected chi connectivity index (χ2v) is 4.41. The van der Waals surface area contributed by atoms with Crippen LogP contribution in [0.25, 0.3) is 11.3 Å². The van der Waals surface area contributed by atoms with E-state index in [1.54, 1.807) is 12.4 Å². The van der Waals surface area contributed by atoms with Gasteiger partial charge in [-0.1, -0.05) is 35.5 Å². The first-order valence-corrected chi connectivity index (χ1v) is 6.22. The molecule has 0 saturated carbocycles. The molecule has 3 aromatic rings. The summed E-state index contributed by atoms with van der Waals surface area (Å²) < 4.78 is 1.87. The van der Waals surface area contributed by atoms with Crippen LogP contribution in [-0.4, -0.2) is 20.0 Å². The van der Waals surface area contributed by atoms with Crippen molar-refractivity contribution in [1.29, 1.82) is 0 Å². The van der Waals surface area contributed by atoms with Crippen molar-refractivity contribution >= 4 is 0 Å². The second kappa shape index (κ2) is 5.02. The Labute approximate surface area is 111 Å². The van der Waals surface area contributed by atoms with Gasteiger partial charge in [0.1, 0.15) is 5.69 Å². The zero-order valence-corrected chi connectivity index (χ0v) is 10.6. The van der Waals surface area contributed by atoms with Crippen molar-refractivity contribution in [2.75, 3.05) is 0 Å². The number of rotatable bonds is 3. The van der Waals surface area contributed by atoms with Crippen LogP contribution in [0.5, 0.6) is 0 Å². The second-order valence-electron chi connectivity index (χ2n) is 4.41. The van der Waals surface area contributed by atoms with E-state index in [2.05, 4.69) is 34.4 Å². The largest absolute Gasteiger partial charge is 0.264 e. The fourth-order valence-corrected chi connectivity index (χ4v) is 2.00. The molecule has 1 unspecified atom stereocenters. The molecule has 0 aliphatic rings. The van der Waals surface area contributed by atoms with E-state index >= 15 is 0 Å². The first kappa shape index (κ1) is 11.6. The molecule has 0 saturated heterocycles. The van der Waals surface area contributed by atoms with E-state index in [1.807, 2.05) is 41.2 Å². The van der Waals surface area contributed by atoms with Crippen molar-refractivity contribution in [3.05, 3.63) is 66.6 Å². The van der Waals surface area contributed by atoms with E-state index in [4.69, 9.17) is 0 Å². The van der Waals surface area contributed by atoms with Gasteiger partial charge >= 0.3 is 0 Å². The van der Waals surface area contributed by atoms with Crippen molar-refractivity contribution in [2.45, 2.75) is 13.0 Å². The summed E-state index contributed by atoms with van der Waals surface area (Å²) in [6.45, 7) is 2.11. The molecule has 0 spiro atoms. The maximum Gasteiger partial charge on any atom is 0.114 e. The quantitative estimate of drug-likeness (QED) is 0.717. The van der Waals surface area contributed by atoms with Gasteiger partial charge in [0.25, 0.3) is 0 Å². The van der Waals surface area contributed by atoms with E-state index < -0.39 is 0 Å². The van der Waals surface area contributed by atoms with Crippen molar-refractivity contribution in [1.82, 2.24) is 20.0 Å². The Morgan fingerprint density at radius 1 is 1.05 bits per heavy atom. The fraction of sp³-hybridized carbons (Fsp3) is 0.133. The molecular weight excluding hydrogens is 236 g/mol. The molecule has 1 atom stereocenters. The van der Waals surface area contributed by atoms with Gasteiger partial charge in [-0.25, -0.2) is 4.68 Å². The molecule has 0 aliphatic carbocycles. The minimum Gasteiger partial charge on any atom is -0.264 e. The lowest BCUT2D eigenvalue weighted by atomic mass is 10.1. The van der Waals surface area contributed by atoms with Gasteiger partial charge in [-0.2, -0.15) is 0 Å². The predicted octanol–water partition coefficient (Wildman–Crippen LogP) is 2.95. The van der Waals surface area contributed by atoms with Crippen LogP contribution >= 0.6 is 0 Å². The van der Waals surface area contributed by atoms with Crippen LogP contribution in [0, 0.1) is 0 Å². The predicted molar refractivity (Wildman–Crippen MR) is 73.5 cm³/mol. The number of pyridine rings is 1. The molecule has 0 fully saturated rings. The Morgan fingerprint density at radius 3 is 2.63 bits per heavy atom. The Morgan fingerprint density at radius 2 is 1.89 bits per heavy atom. The van der Waals surface area contributed by atoms with Crippen LogP contribution in [0.2, 0.25) is 0 Å². The van der Waals surface area contributed by atoms with Gasteiger partial charge in [-0.05, 0) is 24.6 Å². The third-order valence-electron chi connectivity index (χ3n) is 3.15. The fourth-order valence-electron chi connectivity index (χ4n) is 2.00. The van der Waals surface area contributed by atoms with Crippen molar-refractivity contribution in [2.24, 2.45) is 0 Å². The van der Waals surface area contributed by atoms with Crippen molar-refractivity contribution in [3.8, 4) is 11.3 Å². The molecule has 1 aromatic carbocycles. The molecule has 4 nitrogen and oxygen atoms in total. The van der Waals surface area contributed by atoms with Gasteiger partial charge in [0.15, 0.2) is 0 Å². The molecule has 0 aliphatic heterocycles. The van der Waals surface area contributed by atoms with Crippen LogP contribution in [0.1, 0.15) is 18.5 Å². The minimum atomic E-state index is 0.166. The Bertz CT molecular complexity index is 646. The Kier molecular flexibility index (Phi) is 3.06. The van der Waals surface area contributed by atoms with Gasteiger partial charge in [0, 0.05) is 18.0 Å². The number of aromatic nitrogens is 4. The number of nitrogens with zero attached hydrogens (tertiary/aromatic N) is 4. The van der Waals surface area contributed by atoms with Crippen LogP contribution in [0.4, 0.5) is 0 Å². The Hall–Kier alpha value is -2.49. The highest BCUT2D eigenvalue weighted by Gasteiger charge is 2.10. The first-order chi connectivity index (χ1) is 9.34. The van der Waals surface area contributed by atoms with Crippen LogP contribution in [-0.2, 0) is 0 Å². The third-order valence-corrected chi connectivity index (χ3v) is 3.15. The average molecular weight is 250 g/mol. The smallest absolute Gasteiger partial charge is 0.114 e. The molecule has 0 radical (unpaired) electrons. The van der Waals surface area contributed by atoms with E-state index in [-0.39, 0.29) is 6.04 Å². The van der Waals surface area contributed by atoms with E-state index in [1.165, 1.54) is 5.56 Å². The number of hydrogen-bond donors (Lipinski definition) is 0. The van der Waals surface area contributed by atoms with Crippen molar-refractivity contribution in [3.63, 3.8) is 0 Å². The zero-order valence-electron chi connectivity index (χ0n) is 10.6. The maximum absolute atomic E-state index is 4.21. The summed E-state index contributed by atoms with van der Waals surface area (Å²) in [6.07, 6.45) is 5.50. The summed E-state index contributed by atoms with van der Waals surface area (Å²) >= 11 is 0. The molecule has 0 N–H and O–H groups in total. The van der Waals surface area contributed by atoms with Crippen molar-refractivity contribution < 1.29 is 0 Å². The molecule has 4 heteroatoms. The lowest BCUT2D eigenvalue weighted by Crippen LogP contribution is -2.07. The molecule has 2 aromatic heterocycles. The SMILES string of the molecule is CC(c1ccccc1)n1cc(-c2cccnc2)nn1. The van der Waals surface area contributed by atoms with Gasteiger partial charge < -0.3 is 0 Å². The topological polar surface area (TPSA) is 43.6 Å². The monoisotopic (exact) mass is 250 g/mol. The van der Waals surface area contributed by atoms with Gasteiger partial charge in [0.2, 0.25) is 0 Å². The highest BCUT2D eigenvalue weighted by molar-refractivity contribution is 5.55. The summed E-state index contributed by atoms with van der Waals surface area (Å²) in [4.78, 5) is 4.10. The lowest BCUT2D eigenvalue weighted by molar-refractivity contribution is 0.543.